The average Bonchev–Trinajstić information content (AvgIpc) is 3.62. The smallest absolute Gasteiger partial charge is 0.254 e. The number of halogens is 1. The summed E-state index contributed by atoms with van der Waals surface area (Å²) in [5, 5.41) is 3.03. The van der Waals surface area contributed by atoms with E-state index in [0.29, 0.717) is 12.6 Å². The molecular weight excluding hydrogens is 466 g/mol. The first-order valence-electron chi connectivity index (χ1n) is 12.0. The fourth-order valence-electron chi connectivity index (χ4n) is 4.93. The van der Waals surface area contributed by atoms with Crippen molar-refractivity contribution in [3.8, 4) is 27.6 Å². The zero-order valence-corrected chi connectivity index (χ0v) is 21.2. The Hall–Kier alpha value is -2.41. The predicted molar refractivity (Wildman–Crippen MR) is 141 cm³/mol. The van der Waals surface area contributed by atoms with Gasteiger partial charge in [-0.2, -0.15) is 0 Å². The van der Waals surface area contributed by atoms with Gasteiger partial charge in [0.05, 0.1) is 12.3 Å². The molecule has 5 nitrogen and oxygen atoms in total. The molecule has 0 aliphatic carbocycles. The summed E-state index contributed by atoms with van der Waals surface area (Å²) in [5.74, 6) is 1.02. The molecule has 2 aliphatic heterocycles. The molecule has 2 aliphatic rings. The van der Waals surface area contributed by atoms with Gasteiger partial charge < -0.3 is 14.5 Å². The van der Waals surface area contributed by atoms with Gasteiger partial charge in [-0.3, -0.25) is 4.79 Å². The maximum atomic E-state index is 13.2. The van der Waals surface area contributed by atoms with E-state index in [1.54, 1.807) is 11.3 Å². The van der Waals surface area contributed by atoms with E-state index in [9.17, 15) is 4.79 Å². The molecule has 180 valence electrons. The summed E-state index contributed by atoms with van der Waals surface area (Å²) in [6, 6.07) is 16.4. The molecule has 0 bridgehead atoms. The molecule has 1 unspecified atom stereocenters. The van der Waals surface area contributed by atoms with Crippen LogP contribution in [0.1, 0.15) is 43.0 Å². The van der Waals surface area contributed by atoms with E-state index in [1.807, 2.05) is 49.4 Å². The third-order valence-corrected chi connectivity index (χ3v) is 7.52. The summed E-state index contributed by atoms with van der Waals surface area (Å²) in [6.45, 7) is 6.89. The monoisotopic (exact) mass is 497 g/mol. The van der Waals surface area contributed by atoms with Gasteiger partial charge >= 0.3 is 0 Å². The van der Waals surface area contributed by atoms with Gasteiger partial charge in [0, 0.05) is 41.2 Å². The van der Waals surface area contributed by atoms with E-state index < -0.39 is 0 Å². The van der Waals surface area contributed by atoms with Crippen LogP contribution in [-0.4, -0.2) is 59.5 Å². The highest BCUT2D eigenvalue weighted by atomic mass is 35.5. The van der Waals surface area contributed by atoms with Crippen molar-refractivity contribution in [1.29, 1.82) is 0 Å². The number of amides is 1. The molecule has 5 rings (SSSR count). The molecule has 2 aromatic carbocycles. The molecule has 7 heteroatoms. The molecule has 34 heavy (non-hydrogen) atoms. The van der Waals surface area contributed by atoms with Gasteiger partial charge in [-0.05, 0) is 70.0 Å². The van der Waals surface area contributed by atoms with Crippen molar-refractivity contribution in [2.75, 3.05) is 32.8 Å². The number of carbonyl (C=O) groups excluding carboxylic acids is 1. The number of thiazole rings is 1. The lowest BCUT2D eigenvalue weighted by Crippen LogP contribution is -2.42. The van der Waals surface area contributed by atoms with Crippen molar-refractivity contribution in [3.05, 3.63) is 59.5 Å². The van der Waals surface area contributed by atoms with E-state index >= 15 is 0 Å². The number of ether oxygens (including phenoxy) is 1. The number of hydrogen-bond donors (Lipinski definition) is 0. The molecule has 1 aromatic heterocycles. The highest BCUT2D eigenvalue weighted by Gasteiger charge is 2.31. The molecule has 1 atom stereocenters. The van der Waals surface area contributed by atoms with E-state index in [1.165, 1.54) is 25.9 Å². The van der Waals surface area contributed by atoms with E-state index in [0.717, 1.165) is 59.1 Å². The normalized spacial score (nSPS) is 18.1. The maximum Gasteiger partial charge on any atom is 0.254 e. The van der Waals surface area contributed by atoms with Crippen LogP contribution in [0, 0.1) is 0 Å². The molecule has 0 saturated carbocycles. The van der Waals surface area contributed by atoms with Gasteiger partial charge in [0.15, 0.2) is 0 Å². The molecule has 1 amide bonds. The van der Waals surface area contributed by atoms with Crippen LogP contribution in [0.4, 0.5) is 0 Å². The van der Waals surface area contributed by atoms with Crippen LogP contribution in [0.15, 0.2) is 53.9 Å². The van der Waals surface area contributed by atoms with Crippen LogP contribution in [0.5, 0.6) is 5.75 Å². The van der Waals surface area contributed by atoms with E-state index in [2.05, 4.69) is 21.2 Å². The Morgan fingerprint density at radius 1 is 1.06 bits per heavy atom. The lowest BCUT2D eigenvalue weighted by molar-refractivity contribution is 0.0709. The molecular formula is C27H32ClN3O2S. The largest absolute Gasteiger partial charge is 0.494 e. The minimum absolute atomic E-state index is 0. The van der Waals surface area contributed by atoms with Gasteiger partial charge in [0.2, 0.25) is 0 Å². The van der Waals surface area contributed by atoms with E-state index in [-0.39, 0.29) is 18.3 Å². The first-order chi connectivity index (χ1) is 16.2. The molecule has 2 fully saturated rings. The lowest BCUT2D eigenvalue weighted by Gasteiger charge is -2.28. The van der Waals surface area contributed by atoms with Crippen molar-refractivity contribution in [1.82, 2.24) is 14.8 Å². The predicted octanol–water partition coefficient (Wildman–Crippen LogP) is 6.00. The van der Waals surface area contributed by atoms with Crippen LogP contribution in [0.3, 0.4) is 0 Å². The van der Waals surface area contributed by atoms with Crippen molar-refractivity contribution in [2.24, 2.45) is 0 Å². The summed E-state index contributed by atoms with van der Waals surface area (Å²) in [5.41, 5.74) is 3.80. The molecule has 2 saturated heterocycles. The summed E-state index contributed by atoms with van der Waals surface area (Å²) in [7, 11) is 0. The van der Waals surface area contributed by atoms with Crippen molar-refractivity contribution < 1.29 is 9.53 Å². The highest BCUT2D eigenvalue weighted by molar-refractivity contribution is 7.13. The number of nitrogens with zero attached hydrogens (tertiary/aromatic N) is 3. The molecule has 3 heterocycles. The van der Waals surface area contributed by atoms with Crippen molar-refractivity contribution in [2.45, 2.75) is 38.6 Å². The average molecular weight is 498 g/mol. The van der Waals surface area contributed by atoms with Crippen LogP contribution < -0.4 is 4.74 Å². The first kappa shape index (κ1) is 24.7. The SMILES string of the molecule is CCOc1cccc(-c2csc(-c3ccc(C(=O)N4CCCC4CN4CCCC4)cc3)n2)c1.Cl. The second kappa shape index (κ2) is 11.3. The topological polar surface area (TPSA) is 45.7 Å². The fourth-order valence-corrected chi connectivity index (χ4v) is 5.76. The van der Waals surface area contributed by atoms with Crippen LogP contribution in [0.25, 0.3) is 21.8 Å². The van der Waals surface area contributed by atoms with Crippen molar-refractivity contribution in [3.63, 3.8) is 0 Å². The quantitative estimate of drug-likeness (QED) is 0.401. The zero-order valence-electron chi connectivity index (χ0n) is 19.6. The second-order valence-electron chi connectivity index (χ2n) is 8.88. The Bertz CT molecular complexity index is 1100. The lowest BCUT2D eigenvalue weighted by atomic mass is 10.1. The molecule has 3 aromatic rings. The fraction of sp³-hybridized carbons (Fsp3) is 0.407. The standard InChI is InChI=1S/C27H31N3O2S.ClH/c1-2-32-24-9-5-7-22(17-24)25-19-33-26(28-25)20-10-12-21(13-11-20)27(31)30-16-6-8-23(30)18-29-14-3-4-15-29;/h5,7,9-13,17,19,23H,2-4,6,8,14-16,18H2,1H3;1H. The van der Waals surface area contributed by atoms with Crippen molar-refractivity contribution >= 4 is 29.7 Å². The van der Waals surface area contributed by atoms with E-state index in [4.69, 9.17) is 9.72 Å². The third-order valence-electron chi connectivity index (χ3n) is 6.63. The Morgan fingerprint density at radius 3 is 2.62 bits per heavy atom. The number of rotatable bonds is 7. The maximum absolute atomic E-state index is 13.2. The van der Waals surface area contributed by atoms with Gasteiger partial charge in [0.25, 0.3) is 5.91 Å². The number of likely N-dealkylation sites (tertiary alicyclic amines) is 2. The summed E-state index contributed by atoms with van der Waals surface area (Å²) in [4.78, 5) is 22.7. The minimum Gasteiger partial charge on any atom is -0.494 e. The third kappa shape index (κ3) is 5.45. The Kier molecular flexibility index (Phi) is 8.24. The Balaban J connectivity index is 0.00000274. The second-order valence-corrected chi connectivity index (χ2v) is 9.74. The van der Waals surface area contributed by atoms with Crippen LogP contribution in [-0.2, 0) is 0 Å². The number of carbonyl (C=O) groups is 1. The van der Waals surface area contributed by atoms with Gasteiger partial charge in [-0.15, -0.1) is 23.7 Å². The number of aromatic nitrogens is 1. The summed E-state index contributed by atoms with van der Waals surface area (Å²) in [6.07, 6.45) is 4.80. The van der Waals surface area contributed by atoms with Crippen LogP contribution in [0.2, 0.25) is 0 Å². The highest BCUT2D eigenvalue weighted by Crippen LogP contribution is 2.31. The molecule has 0 N–H and O–H groups in total. The summed E-state index contributed by atoms with van der Waals surface area (Å²) < 4.78 is 5.62. The van der Waals surface area contributed by atoms with Gasteiger partial charge in [-0.1, -0.05) is 24.3 Å². The zero-order chi connectivity index (χ0) is 22.6. The Labute approximate surface area is 212 Å². The first-order valence-corrected chi connectivity index (χ1v) is 12.9. The Morgan fingerprint density at radius 2 is 1.85 bits per heavy atom. The number of benzene rings is 2. The summed E-state index contributed by atoms with van der Waals surface area (Å²) >= 11 is 1.62. The molecule has 0 spiro atoms. The van der Waals surface area contributed by atoms with Gasteiger partial charge in [0.1, 0.15) is 10.8 Å². The minimum atomic E-state index is 0. The van der Waals surface area contributed by atoms with Crippen LogP contribution >= 0.6 is 23.7 Å². The molecule has 0 radical (unpaired) electrons. The number of hydrogen-bond acceptors (Lipinski definition) is 5. The van der Waals surface area contributed by atoms with Gasteiger partial charge in [-0.25, -0.2) is 4.98 Å².